The molecule has 0 bridgehead atoms. The van der Waals surface area contributed by atoms with Crippen LogP contribution in [0.2, 0.25) is 0 Å². The number of oxazole rings is 1. The predicted molar refractivity (Wildman–Crippen MR) is 56.7 cm³/mol. The lowest BCUT2D eigenvalue weighted by molar-refractivity contribution is 0.0880. The van der Waals surface area contributed by atoms with Crippen molar-refractivity contribution in [3.8, 4) is 0 Å². The molecule has 2 rings (SSSR count). The Morgan fingerprint density at radius 3 is 3.20 bits per heavy atom. The Bertz CT molecular complexity index is 305. The van der Waals surface area contributed by atoms with Gasteiger partial charge in [-0.25, -0.2) is 4.98 Å². The third-order valence-corrected chi connectivity index (χ3v) is 2.78. The first-order chi connectivity index (χ1) is 7.29. The van der Waals surface area contributed by atoms with Crippen molar-refractivity contribution in [3.05, 3.63) is 17.8 Å². The Morgan fingerprint density at radius 2 is 2.53 bits per heavy atom. The van der Waals surface area contributed by atoms with E-state index < -0.39 is 0 Å². The molecule has 0 saturated carbocycles. The van der Waals surface area contributed by atoms with Crippen molar-refractivity contribution in [2.75, 3.05) is 13.7 Å². The third-order valence-electron chi connectivity index (χ3n) is 2.78. The lowest BCUT2D eigenvalue weighted by Crippen LogP contribution is -2.23. The van der Waals surface area contributed by atoms with Gasteiger partial charge in [-0.1, -0.05) is 0 Å². The number of hydrogen-bond donors (Lipinski definition) is 1. The van der Waals surface area contributed by atoms with Crippen molar-refractivity contribution < 1.29 is 9.15 Å². The van der Waals surface area contributed by atoms with Crippen LogP contribution < -0.4 is 5.32 Å². The van der Waals surface area contributed by atoms with Gasteiger partial charge in [0, 0.05) is 19.1 Å². The maximum atomic E-state index is 5.66. The molecule has 1 aromatic heterocycles. The molecule has 1 aliphatic heterocycles. The van der Waals surface area contributed by atoms with Gasteiger partial charge in [0.1, 0.15) is 11.9 Å². The number of aromatic nitrogens is 1. The van der Waals surface area contributed by atoms with E-state index in [2.05, 4.69) is 17.2 Å². The molecule has 0 spiro atoms. The second kappa shape index (κ2) is 4.77. The first-order valence-corrected chi connectivity index (χ1v) is 5.53. The van der Waals surface area contributed by atoms with E-state index >= 15 is 0 Å². The van der Waals surface area contributed by atoms with Crippen LogP contribution in [0, 0.1) is 0 Å². The van der Waals surface area contributed by atoms with Gasteiger partial charge in [-0.05, 0) is 26.8 Å². The second-order valence-corrected chi connectivity index (χ2v) is 4.06. The summed E-state index contributed by atoms with van der Waals surface area (Å²) in [5, 5.41) is 3.17. The van der Waals surface area contributed by atoms with E-state index in [9.17, 15) is 0 Å². The Kier molecular flexibility index (Phi) is 3.38. The Labute approximate surface area is 90.0 Å². The van der Waals surface area contributed by atoms with Crippen LogP contribution in [0.3, 0.4) is 0 Å². The summed E-state index contributed by atoms with van der Waals surface area (Å²) in [6.07, 6.45) is 4.90. The molecule has 1 fully saturated rings. The summed E-state index contributed by atoms with van der Waals surface area (Å²) in [7, 11) is 1.95. The summed E-state index contributed by atoms with van der Waals surface area (Å²) in [5.74, 6) is 1.67. The van der Waals surface area contributed by atoms with Gasteiger partial charge in [0.25, 0.3) is 0 Å². The van der Waals surface area contributed by atoms with Crippen LogP contribution in [0.4, 0.5) is 0 Å². The molecule has 84 valence electrons. The smallest absolute Gasteiger partial charge is 0.223 e. The zero-order chi connectivity index (χ0) is 10.7. The van der Waals surface area contributed by atoms with E-state index in [1.54, 1.807) is 0 Å². The van der Waals surface area contributed by atoms with Crippen LogP contribution >= 0.6 is 0 Å². The largest absolute Gasteiger partial charge is 0.443 e. The second-order valence-electron chi connectivity index (χ2n) is 4.06. The summed E-state index contributed by atoms with van der Waals surface area (Å²) in [6, 6.07) is 0.412. The van der Waals surface area contributed by atoms with Crippen molar-refractivity contribution >= 4 is 0 Å². The van der Waals surface area contributed by atoms with E-state index in [1.807, 2.05) is 13.2 Å². The van der Waals surface area contributed by atoms with Crippen molar-refractivity contribution in [3.63, 3.8) is 0 Å². The van der Waals surface area contributed by atoms with Gasteiger partial charge in [-0.2, -0.15) is 0 Å². The van der Waals surface area contributed by atoms with Gasteiger partial charge < -0.3 is 14.5 Å². The molecule has 0 aliphatic carbocycles. The van der Waals surface area contributed by atoms with Crippen LogP contribution in [0.15, 0.2) is 10.6 Å². The fourth-order valence-corrected chi connectivity index (χ4v) is 1.74. The summed E-state index contributed by atoms with van der Waals surface area (Å²) < 4.78 is 11.2. The van der Waals surface area contributed by atoms with E-state index in [4.69, 9.17) is 9.15 Å². The number of nitrogens with zero attached hydrogens (tertiary/aromatic N) is 1. The molecular formula is C11H18N2O2. The normalized spacial score (nSPS) is 23.2. The lowest BCUT2D eigenvalue weighted by Gasteiger charge is -2.07. The molecular weight excluding hydrogens is 192 g/mol. The van der Waals surface area contributed by atoms with E-state index in [1.165, 1.54) is 0 Å². The number of ether oxygens (including phenoxy) is 1. The highest BCUT2D eigenvalue weighted by Crippen LogP contribution is 2.27. The van der Waals surface area contributed by atoms with Gasteiger partial charge in [0.05, 0.1) is 6.20 Å². The van der Waals surface area contributed by atoms with Crippen LogP contribution in [-0.2, 0) is 11.2 Å². The minimum Gasteiger partial charge on any atom is -0.443 e. The average molecular weight is 210 g/mol. The molecule has 1 N–H and O–H groups in total. The molecule has 2 unspecified atom stereocenters. The molecule has 0 radical (unpaired) electrons. The SMILES string of the molecule is CNC(C)Cc1cnc(C2CCCO2)o1. The first kappa shape index (κ1) is 10.6. The maximum absolute atomic E-state index is 5.66. The zero-order valence-corrected chi connectivity index (χ0v) is 9.32. The molecule has 1 aliphatic rings. The molecule has 0 aromatic carbocycles. The molecule has 2 atom stereocenters. The highest BCUT2D eigenvalue weighted by Gasteiger charge is 2.22. The van der Waals surface area contributed by atoms with Crippen LogP contribution in [0.1, 0.15) is 37.5 Å². The number of rotatable bonds is 4. The monoisotopic (exact) mass is 210 g/mol. The fraction of sp³-hybridized carbons (Fsp3) is 0.727. The molecule has 1 aromatic rings. The van der Waals surface area contributed by atoms with Gasteiger partial charge in [0.2, 0.25) is 5.89 Å². The third kappa shape index (κ3) is 2.58. The topological polar surface area (TPSA) is 47.3 Å². The first-order valence-electron chi connectivity index (χ1n) is 5.53. The maximum Gasteiger partial charge on any atom is 0.223 e. The van der Waals surface area contributed by atoms with Gasteiger partial charge in [-0.3, -0.25) is 0 Å². The average Bonchev–Trinajstić information content (AvgIpc) is 2.85. The summed E-state index contributed by atoms with van der Waals surface area (Å²) in [5.41, 5.74) is 0. The molecule has 2 heterocycles. The van der Waals surface area contributed by atoms with Crippen molar-refractivity contribution in [2.24, 2.45) is 0 Å². The predicted octanol–water partition coefficient (Wildman–Crippen LogP) is 1.68. The number of hydrogen-bond acceptors (Lipinski definition) is 4. The van der Waals surface area contributed by atoms with Gasteiger partial charge >= 0.3 is 0 Å². The van der Waals surface area contributed by atoms with Gasteiger partial charge in [0.15, 0.2) is 0 Å². The lowest BCUT2D eigenvalue weighted by atomic mass is 10.2. The van der Waals surface area contributed by atoms with E-state index in [0.29, 0.717) is 6.04 Å². The standard InChI is InChI=1S/C11H18N2O2/c1-8(12-2)6-9-7-13-11(15-9)10-4-3-5-14-10/h7-8,10,12H,3-6H2,1-2H3. The van der Waals surface area contributed by atoms with Crippen molar-refractivity contribution in [2.45, 2.75) is 38.3 Å². The van der Waals surface area contributed by atoms with Crippen LogP contribution in [0.5, 0.6) is 0 Å². The summed E-state index contributed by atoms with van der Waals surface area (Å²) in [4.78, 5) is 4.27. The Morgan fingerprint density at radius 1 is 1.67 bits per heavy atom. The highest BCUT2D eigenvalue weighted by atomic mass is 16.5. The summed E-state index contributed by atoms with van der Waals surface area (Å²) >= 11 is 0. The highest BCUT2D eigenvalue weighted by molar-refractivity contribution is 4.99. The van der Waals surface area contributed by atoms with Crippen molar-refractivity contribution in [1.82, 2.24) is 10.3 Å². The number of nitrogens with one attached hydrogen (secondary N) is 1. The molecule has 15 heavy (non-hydrogen) atoms. The molecule has 4 heteroatoms. The van der Waals surface area contributed by atoms with Gasteiger partial charge in [-0.15, -0.1) is 0 Å². The minimum atomic E-state index is 0.0867. The van der Waals surface area contributed by atoms with E-state index in [0.717, 1.165) is 37.5 Å². The summed E-state index contributed by atoms with van der Waals surface area (Å²) in [6.45, 7) is 2.95. The zero-order valence-electron chi connectivity index (χ0n) is 9.32. The number of likely N-dealkylation sites (N-methyl/N-ethyl adjacent to an activating group) is 1. The molecule has 4 nitrogen and oxygen atoms in total. The Balaban J connectivity index is 1.97. The van der Waals surface area contributed by atoms with E-state index in [-0.39, 0.29) is 6.10 Å². The fourth-order valence-electron chi connectivity index (χ4n) is 1.74. The van der Waals surface area contributed by atoms with Crippen LogP contribution in [-0.4, -0.2) is 24.7 Å². The quantitative estimate of drug-likeness (QED) is 0.821. The molecule has 1 saturated heterocycles. The van der Waals surface area contributed by atoms with Crippen molar-refractivity contribution in [1.29, 1.82) is 0 Å². The van der Waals surface area contributed by atoms with Crippen LogP contribution in [0.25, 0.3) is 0 Å². The minimum absolute atomic E-state index is 0.0867. The Hall–Kier alpha value is -0.870. The molecule has 0 amide bonds.